The van der Waals surface area contributed by atoms with Crippen molar-refractivity contribution in [1.29, 1.82) is 0 Å². The van der Waals surface area contributed by atoms with Crippen LogP contribution < -0.4 is 10.7 Å². The summed E-state index contributed by atoms with van der Waals surface area (Å²) in [5, 5.41) is 3.35. The van der Waals surface area contributed by atoms with Gasteiger partial charge in [-0.15, -0.1) is 0 Å². The van der Waals surface area contributed by atoms with E-state index in [0.717, 1.165) is 24.5 Å². The van der Waals surface area contributed by atoms with Crippen molar-refractivity contribution >= 4 is 0 Å². The van der Waals surface area contributed by atoms with Crippen molar-refractivity contribution in [3.8, 4) is 0 Å². The normalized spacial score (nSPS) is 22.2. The Labute approximate surface area is 83.5 Å². The maximum absolute atomic E-state index is 11.3. The minimum absolute atomic E-state index is 0.113. The highest BCUT2D eigenvalue weighted by Crippen LogP contribution is 2.20. The summed E-state index contributed by atoms with van der Waals surface area (Å²) in [7, 11) is 0. The van der Waals surface area contributed by atoms with Gasteiger partial charge in [0.05, 0.1) is 0 Å². The van der Waals surface area contributed by atoms with E-state index in [1.165, 1.54) is 12.8 Å². The number of aromatic amines is 1. The lowest BCUT2D eigenvalue weighted by Gasteiger charge is -2.22. The first-order valence-electron chi connectivity index (χ1n) is 5.17. The molecule has 0 bridgehead atoms. The predicted molar refractivity (Wildman–Crippen MR) is 56.6 cm³/mol. The molecule has 76 valence electrons. The first kappa shape index (κ1) is 9.46. The van der Waals surface area contributed by atoms with Gasteiger partial charge < -0.3 is 10.3 Å². The average molecular weight is 192 g/mol. The van der Waals surface area contributed by atoms with Crippen molar-refractivity contribution in [2.45, 2.75) is 25.7 Å². The van der Waals surface area contributed by atoms with Crippen LogP contribution in [0, 0.1) is 6.92 Å². The van der Waals surface area contributed by atoms with Crippen LogP contribution >= 0.6 is 0 Å². The Kier molecular flexibility index (Phi) is 2.68. The van der Waals surface area contributed by atoms with Gasteiger partial charge in [-0.05, 0) is 26.3 Å². The molecule has 14 heavy (non-hydrogen) atoms. The summed E-state index contributed by atoms with van der Waals surface area (Å²) in [5.41, 5.74) is 2.15. The summed E-state index contributed by atoms with van der Waals surface area (Å²) in [6.45, 7) is 4.02. The Bertz CT molecular complexity index is 364. The van der Waals surface area contributed by atoms with Crippen molar-refractivity contribution in [3.05, 3.63) is 33.7 Å². The molecule has 1 aliphatic rings. The van der Waals surface area contributed by atoms with Crippen LogP contribution in [0.2, 0.25) is 0 Å². The van der Waals surface area contributed by atoms with Crippen LogP contribution in [0.4, 0.5) is 0 Å². The Balaban J connectivity index is 2.26. The number of aryl methyl sites for hydroxylation is 1. The molecule has 0 unspecified atom stereocenters. The van der Waals surface area contributed by atoms with Crippen LogP contribution in [0.5, 0.6) is 0 Å². The standard InChI is InChI=1S/C11H16N2O/c1-8-5-10(14)6-11(13-8)9-3-2-4-12-7-9/h5-6,9,12H,2-4,7H2,1H3,(H,13,14)/t9-/m0/s1. The van der Waals surface area contributed by atoms with Crippen LogP contribution in [-0.2, 0) is 0 Å². The highest BCUT2D eigenvalue weighted by molar-refractivity contribution is 5.15. The number of rotatable bonds is 1. The fourth-order valence-electron chi connectivity index (χ4n) is 2.05. The molecule has 1 fully saturated rings. The summed E-state index contributed by atoms with van der Waals surface area (Å²) < 4.78 is 0. The van der Waals surface area contributed by atoms with Crippen molar-refractivity contribution in [2.24, 2.45) is 0 Å². The zero-order valence-electron chi connectivity index (χ0n) is 8.47. The summed E-state index contributed by atoms with van der Waals surface area (Å²) >= 11 is 0. The van der Waals surface area contributed by atoms with Crippen molar-refractivity contribution < 1.29 is 0 Å². The third-order valence-electron chi connectivity index (χ3n) is 2.73. The van der Waals surface area contributed by atoms with Gasteiger partial charge in [0, 0.05) is 36.0 Å². The molecule has 2 rings (SSSR count). The second-order valence-corrected chi connectivity index (χ2v) is 4.00. The van der Waals surface area contributed by atoms with E-state index in [9.17, 15) is 4.79 Å². The van der Waals surface area contributed by atoms with Gasteiger partial charge in [0.1, 0.15) is 0 Å². The van der Waals surface area contributed by atoms with Crippen LogP contribution in [0.25, 0.3) is 0 Å². The molecule has 2 N–H and O–H groups in total. The molecule has 1 aliphatic heterocycles. The molecular formula is C11H16N2O. The van der Waals surface area contributed by atoms with E-state index in [1.807, 2.05) is 6.92 Å². The van der Waals surface area contributed by atoms with Gasteiger partial charge >= 0.3 is 0 Å². The molecule has 3 heteroatoms. The van der Waals surface area contributed by atoms with E-state index in [1.54, 1.807) is 12.1 Å². The number of pyridine rings is 1. The van der Waals surface area contributed by atoms with E-state index >= 15 is 0 Å². The SMILES string of the molecule is Cc1cc(=O)cc([C@H]2CCCNC2)[nH]1. The largest absolute Gasteiger partial charge is 0.362 e. The van der Waals surface area contributed by atoms with Crippen molar-refractivity contribution in [3.63, 3.8) is 0 Å². The van der Waals surface area contributed by atoms with E-state index in [-0.39, 0.29) is 5.43 Å². The maximum atomic E-state index is 11.3. The van der Waals surface area contributed by atoms with Gasteiger partial charge in [0.25, 0.3) is 0 Å². The van der Waals surface area contributed by atoms with Crippen molar-refractivity contribution in [1.82, 2.24) is 10.3 Å². The van der Waals surface area contributed by atoms with E-state index in [2.05, 4.69) is 10.3 Å². The van der Waals surface area contributed by atoms with Gasteiger partial charge in [0.15, 0.2) is 5.43 Å². The van der Waals surface area contributed by atoms with Gasteiger partial charge in [-0.25, -0.2) is 0 Å². The highest BCUT2D eigenvalue weighted by Gasteiger charge is 2.15. The topological polar surface area (TPSA) is 44.9 Å². The summed E-state index contributed by atoms with van der Waals surface area (Å²) in [5.74, 6) is 0.483. The number of nitrogens with one attached hydrogen (secondary N) is 2. The van der Waals surface area contributed by atoms with Gasteiger partial charge in [0.2, 0.25) is 0 Å². The molecule has 0 saturated carbocycles. The van der Waals surface area contributed by atoms with E-state index in [4.69, 9.17) is 0 Å². The number of hydrogen-bond donors (Lipinski definition) is 2. The molecule has 0 aliphatic carbocycles. The maximum Gasteiger partial charge on any atom is 0.182 e. The third kappa shape index (κ3) is 2.04. The van der Waals surface area contributed by atoms with E-state index < -0.39 is 0 Å². The Morgan fingerprint density at radius 3 is 2.93 bits per heavy atom. The molecule has 3 nitrogen and oxygen atoms in total. The minimum Gasteiger partial charge on any atom is -0.362 e. The second-order valence-electron chi connectivity index (χ2n) is 4.00. The number of aromatic nitrogens is 1. The van der Waals surface area contributed by atoms with Crippen molar-refractivity contribution in [2.75, 3.05) is 13.1 Å². The van der Waals surface area contributed by atoms with Gasteiger partial charge in [-0.1, -0.05) is 0 Å². The van der Waals surface area contributed by atoms with Crippen LogP contribution in [0.3, 0.4) is 0 Å². The lowest BCUT2D eigenvalue weighted by Crippen LogP contribution is -2.29. The summed E-state index contributed by atoms with van der Waals surface area (Å²) in [6.07, 6.45) is 2.37. The molecule has 1 atom stereocenters. The zero-order valence-corrected chi connectivity index (χ0v) is 8.47. The fraction of sp³-hybridized carbons (Fsp3) is 0.545. The van der Waals surface area contributed by atoms with Crippen LogP contribution in [-0.4, -0.2) is 18.1 Å². The smallest absolute Gasteiger partial charge is 0.182 e. The lowest BCUT2D eigenvalue weighted by atomic mass is 9.95. The molecular weight excluding hydrogens is 176 g/mol. The molecule has 1 aromatic heterocycles. The number of piperidine rings is 1. The minimum atomic E-state index is 0.113. The highest BCUT2D eigenvalue weighted by atomic mass is 16.1. The summed E-state index contributed by atoms with van der Waals surface area (Å²) in [6, 6.07) is 3.37. The Hall–Kier alpha value is -1.09. The molecule has 0 amide bonds. The van der Waals surface area contributed by atoms with Gasteiger partial charge in [-0.3, -0.25) is 4.79 Å². The first-order chi connectivity index (χ1) is 6.75. The lowest BCUT2D eigenvalue weighted by molar-refractivity contribution is 0.454. The molecule has 1 saturated heterocycles. The Morgan fingerprint density at radius 2 is 2.29 bits per heavy atom. The zero-order chi connectivity index (χ0) is 9.97. The molecule has 0 spiro atoms. The van der Waals surface area contributed by atoms with Crippen LogP contribution in [0.15, 0.2) is 16.9 Å². The monoisotopic (exact) mass is 192 g/mol. The quantitative estimate of drug-likeness (QED) is 0.701. The third-order valence-corrected chi connectivity index (χ3v) is 2.73. The molecule has 1 aromatic rings. The average Bonchev–Trinajstić information content (AvgIpc) is 2.18. The van der Waals surface area contributed by atoms with Crippen LogP contribution in [0.1, 0.15) is 30.1 Å². The molecule has 0 aromatic carbocycles. The van der Waals surface area contributed by atoms with E-state index in [0.29, 0.717) is 5.92 Å². The molecule has 2 heterocycles. The molecule has 0 radical (unpaired) electrons. The number of H-pyrrole nitrogens is 1. The number of hydrogen-bond acceptors (Lipinski definition) is 2. The first-order valence-corrected chi connectivity index (χ1v) is 5.17. The predicted octanol–water partition coefficient (Wildman–Crippen LogP) is 1.15. The fourth-order valence-corrected chi connectivity index (χ4v) is 2.05. The Morgan fingerprint density at radius 1 is 1.43 bits per heavy atom. The second kappa shape index (κ2) is 3.96. The summed E-state index contributed by atoms with van der Waals surface area (Å²) in [4.78, 5) is 14.6. The van der Waals surface area contributed by atoms with Gasteiger partial charge in [-0.2, -0.15) is 0 Å².